The first kappa shape index (κ1) is 18.3. The van der Waals surface area contributed by atoms with Gasteiger partial charge in [-0.15, -0.1) is 0 Å². The fraction of sp³-hybridized carbons (Fsp3) is 0. The summed E-state index contributed by atoms with van der Waals surface area (Å²) >= 11 is 3.10. The summed E-state index contributed by atoms with van der Waals surface area (Å²) in [7, 11) is -4.18. The minimum Gasteiger partial charge on any atom is -0.203 e. The van der Waals surface area contributed by atoms with Gasteiger partial charge in [-0.1, -0.05) is 15.9 Å². The SMILES string of the molecule is O=S(=O)(N/N=C/c1c(F)c(F)c(F)c(F)c1F)c1ccc(Br)cc1. The molecule has 2 aromatic rings. The number of nitrogens with one attached hydrogen (secondary N) is 1. The van der Waals surface area contributed by atoms with E-state index in [4.69, 9.17) is 0 Å². The molecule has 0 heterocycles. The van der Waals surface area contributed by atoms with E-state index >= 15 is 0 Å². The van der Waals surface area contributed by atoms with Crippen LogP contribution in [0.2, 0.25) is 0 Å². The highest BCUT2D eigenvalue weighted by atomic mass is 79.9. The number of nitrogens with zero attached hydrogens (tertiary/aromatic N) is 1. The van der Waals surface area contributed by atoms with E-state index in [2.05, 4.69) is 21.0 Å². The monoisotopic (exact) mass is 428 g/mol. The summed E-state index contributed by atoms with van der Waals surface area (Å²) in [5.41, 5.74) is -1.37. The number of sulfonamides is 1. The standard InChI is InChI=1S/C13H6BrF5N2O2S/c14-6-1-3-7(4-2-6)24(22,23)21-20-5-8-9(15)11(17)13(19)12(18)10(8)16/h1-5,21H/b20-5+. The number of hydrazone groups is 1. The molecule has 0 amide bonds. The van der Waals surface area contributed by atoms with Crippen molar-refractivity contribution in [3.63, 3.8) is 0 Å². The van der Waals surface area contributed by atoms with Crippen molar-refractivity contribution in [3.8, 4) is 0 Å². The van der Waals surface area contributed by atoms with Crippen LogP contribution in [-0.2, 0) is 10.0 Å². The van der Waals surface area contributed by atoms with Gasteiger partial charge < -0.3 is 0 Å². The topological polar surface area (TPSA) is 58.5 Å². The summed E-state index contributed by atoms with van der Waals surface area (Å²) in [5, 5.41) is 3.04. The zero-order valence-electron chi connectivity index (χ0n) is 11.3. The molecule has 4 nitrogen and oxygen atoms in total. The molecule has 0 radical (unpaired) electrons. The van der Waals surface area contributed by atoms with Crippen molar-refractivity contribution >= 4 is 32.2 Å². The van der Waals surface area contributed by atoms with Crippen molar-refractivity contribution in [2.75, 3.05) is 0 Å². The van der Waals surface area contributed by atoms with E-state index in [1.165, 1.54) is 24.3 Å². The number of benzene rings is 2. The minimum atomic E-state index is -4.18. The molecule has 0 atom stereocenters. The third-order valence-corrected chi connectivity index (χ3v) is 4.50. The normalized spacial score (nSPS) is 11.9. The van der Waals surface area contributed by atoms with Gasteiger partial charge in [0.15, 0.2) is 23.3 Å². The van der Waals surface area contributed by atoms with Gasteiger partial charge in [0.05, 0.1) is 16.7 Å². The molecule has 11 heteroatoms. The van der Waals surface area contributed by atoms with Crippen LogP contribution in [0.4, 0.5) is 22.0 Å². The highest BCUT2D eigenvalue weighted by Crippen LogP contribution is 2.21. The average molecular weight is 429 g/mol. The van der Waals surface area contributed by atoms with E-state index in [1.807, 2.05) is 0 Å². The fourth-order valence-corrected chi connectivity index (χ4v) is 2.62. The van der Waals surface area contributed by atoms with Gasteiger partial charge >= 0.3 is 0 Å². The second-order valence-electron chi connectivity index (χ2n) is 4.29. The first-order valence-corrected chi connectivity index (χ1v) is 8.24. The second-order valence-corrected chi connectivity index (χ2v) is 6.87. The van der Waals surface area contributed by atoms with Gasteiger partial charge in [0.2, 0.25) is 5.82 Å². The summed E-state index contributed by atoms with van der Waals surface area (Å²) < 4.78 is 90.0. The van der Waals surface area contributed by atoms with Gasteiger partial charge in [0.1, 0.15) is 0 Å². The highest BCUT2D eigenvalue weighted by molar-refractivity contribution is 9.10. The Labute approximate surface area is 141 Å². The van der Waals surface area contributed by atoms with Crippen LogP contribution in [0.25, 0.3) is 0 Å². The van der Waals surface area contributed by atoms with E-state index in [0.29, 0.717) is 4.47 Å². The molecule has 128 valence electrons. The highest BCUT2D eigenvalue weighted by Gasteiger charge is 2.24. The Bertz CT molecular complexity index is 888. The molecule has 0 fully saturated rings. The predicted molar refractivity (Wildman–Crippen MR) is 78.3 cm³/mol. The lowest BCUT2D eigenvalue weighted by molar-refractivity contribution is 0.377. The molecule has 0 aromatic heterocycles. The zero-order valence-corrected chi connectivity index (χ0v) is 13.7. The Morgan fingerprint density at radius 1 is 0.875 bits per heavy atom. The Kier molecular flexibility index (Phi) is 5.23. The maximum Gasteiger partial charge on any atom is 0.276 e. The number of halogens is 6. The zero-order chi connectivity index (χ0) is 18.1. The molecule has 1 N–H and O–H groups in total. The molecular formula is C13H6BrF5N2O2S. The van der Waals surface area contributed by atoms with Crippen molar-refractivity contribution in [3.05, 3.63) is 63.4 Å². The van der Waals surface area contributed by atoms with Gasteiger partial charge in [0.25, 0.3) is 10.0 Å². The number of hydrogen-bond donors (Lipinski definition) is 1. The molecule has 0 saturated carbocycles. The van der Waals surface area contributed by atoms with Crippen LogP contribution >= 0.6 is 15.9 Å². The molecule has 0 aliphatic carbocycles. The summed E-state index contributed by atoms with van der Waals surface area (Å²) in [5.74, 6) is -10.9. The lowest BCUT2D eigenvalue weighted by atomic mass is 10.2. The average Bonchev–Trinajstić information content (AvgIpc) is 2.54. The molecule has 0 aliphatic rings. The molecule has 24 heavy (non-hydrogen) atoms. The maximum absolute atomic E-state index is 13.4. The maximum atomic E-state index is 13.4. The van der Waals surface area contributed by atoms with Crippen LogP contribution < -0.4 is 4.83 Å². The minimum absolute atomic E-state index is 0.187. The van der Waals surface area contributed by atoms with Gasteiger partial charge in [-0.25, -0.2) is 26.8 Å². The van der Waals surface area contributed by atoms with Crippen LogP contribution in [-0.4, -0.2) is 14.6 Å². The lowest BCUT2D eigenvalue weighted by Crippen LogP contribution is -2.18. The van der Waals surface area contributed by atoms with Gasteiger partial charge in [-0.05, 0) is 24.3 Å². The van der Waals surface area contributed by atoms with Gasteiger partial charge in [-0.2, -0.15) is 13.5 Å². The van der Waals surface area contributed by atoms with E-state index in [0.717, 1.165) is 0 Å². The van der Waals surface area contributed by atoms with Crippen molar-refractivity contribution in [1.29, 1.82) is 0 Å². The smallest absolute Gasteiger partial charge is 0.203 e. The molecule has 0 spiro atoms. The van der Waals surface area contributed by atoms with Gasteiger partial charge in [-0.3, -0.25) is 0 Å². The Hall–Kier alpha value is -2.01. The number of rotatable bonds is 4. The molecule has 0 aliphatic heterocycles. The lowest BCUT2D eigenvalue weighted by Gasteiger charge is -2.05. The third-order valence-electron chi connectivity index (χ3n) is 2.73. The summed E-state index contributed by atoms with van der Waals surface area (Å²) in [6.07, 6.45) is 0.187. The molecule has 2 rings (SSSR count). The van der Waals surface area contributed by atoms with E-state index in [1.54, 1.807) is 4.83 Å². The van der Waals surface area contributed by atoms with Crippen LogP contribution in [0.5, 0.6) is 0 Å². The van der Waals surface area contributed by atoms with Crippen molar-refractivity contribution in [2.24, 2.45) is 5.10 Å². The summed E-state index contributed by atoms with van der Waals surface area (Å²) in [6.45, 7) is 0. The fourth-order valence-electron chi connectivity index (χ4n) is 1.56. The number of hydrogen-bond acceptors (Lipinski definition) is 3. The summed E-state index contributed by atoms with van der Waals surface area (Å²) in [4.78, 5) is 1.38. The van der Waals surface area contributed by atoms with Crippen molar-refractivity contribution < 1.29 is 30.4 Å². The molecule has 0 unspecified atom stereocenters. The Morgan fingerprint density at radius 3 is 1.83 bits per heavy atom. The third kappa shape index (κ3) is 3.56. The van der Waals surface area contributed by atoms with E-state index in [9.17, 15) is 30.4 Å². The second kappa shape index (κ2) is 6.85. The van der Waals surface area contributed by atoms with Crippen LogP contribution in [0, 0.1) is 29.1 Å². The van der Waals surface area contributed by atoms with Crippen LogP contribution in [0.1, 0.15) is 5.56 Å². The molecular weight excluding hydrogens is 423 g/mol. The van der Waals surface area contributed by atoms with Crippen LogP contribution in [0.15, 0.2) is 38.7 Å². The van der Waals surface area contributed by atoms with E-state index in [-0.39, 0.29) is 11.1 Å². The Morgan fingerprint density at radius 2 is 1.33 bits per heavy atom. The first-order valence-electron chi connectivity index (χ1n) is 5.97. The van der Waals surface area contributed by atoms with E-state index < -0.39 is 44.7 Å². The largest absolute Gasteiger partial charge is 0.276 e. The van der Waals surface area contributed by atoms with Crippen molar-refractivity contribution in [1.82, 2.24) is 4.83 Å². The first-order chi connectivity index (χ1) is 11.1. The predicted octanol–water partition coefficient (Wildman–Crippen LogP) is 3.46. The van der Waals surface area contributed by atoms with Crippen molar-refractivity contribution in [2.45, 2.75) is 4.90 Å². The molecule has 2 aromatic carbocycles. The van der Waals surface area contributed by atoms with Gasteiger partial charge in [0, 0.05) is 4.47 Å². The molecule has 0 saturated heterocycles. The van der Waals surface area contributed by atoms with Crippen LogP contribution in [0.3, 0.4) is 0 Å². The summed E-state index contributed by atoms with van der Waals surface area (Å²) in [6, 6.07) is 5.26. The quantitative estimate of drug-likeness (QED) is 0.266. The Balaban J connectivity index is 2.31. The molecule has 0 bridgehead atoms.